The van der Waals surface area contributed by atoms with Crippen molar-refractivity contribution in [1.29, 1.82) is 0 Å². The van der Waals surface area contributed by atoms with Gasteiger partial charge in [-0.3, -0.25) is 0 Å². The third-order valence-corrected chi connectivity index (χ3v) is 3.99. The maximum absolute atomic E-state index is 11.1. The molecular weight excluding hydrogens is 326 g/mol. The van der Waals surface area contributed by atoms with Gasteiger partial charge in [0, 0.05) is 18.3 Å². The molecule has 1 aromatic heterocycles. The average Bonchev–Trinajstić information content (AvgIpc) is 2.97. The van der Waals surface area contributed by atoms with E-state index in [9.17, 15) is 4.79 Å². The van der Waals surface area contributed by atoms with E-state index in [1.807, 2.05) is 12.1 Å². The molecule has 0 bridgehead atoms. The second-order valence-electron chi connectivity index (χ2n) is 5.44. The van der Waals surface area contributed by atoms with Gasteiger partial charge in [-0.25, -0.2) is 19.6 Å². The van der Waals surface area contributed by atoms with E-state index in [1.54, 1.807) is 18.3 Å². The third kappa shape index (κ3) is 3.49. The quantitative estimate of drug-likeness (QED) is 0.582. The van der Waals surface area contributed by atoms with Crippen molar-refractivity contribution in [1.82, 2.24) is 4.98 Å². The molecule has 1 aromatic carbocycles. The lowest BCUT2D eigenvalue weighted by atomic mass is 10.1. The maximum atomic E-state index is 11.1. The van der Waals surface area contributed by atoms with Crippen LogP contribution in [0.2, 0.25) is 0 Å². The molecule has 0 saturated carbocycles. The van der Waals surface area contributed by atoms with E-state index in [4.69, 9.17) is 19.6 Å². The summed E-state index contributed by atoms with van der Waals surface area (Å²) < 4.78 is 5.37. The summed E-state index contributed by atoms with van der Waals surface area (Å²) in [7, 11) is 2.98. The van der Waals surface area contributed by atoms with Crippen molar-refractivity contribution in [3.63, 3.8) is 0 Å². The molecule has 0 aliphatic carbocycles. The highest BCUT2D eigenvalue weighted by atomic mass is 17.2. The molecule has 8 heteroatoms. The molecule has 2 aromatic rings. The summed E-state index contributed by atoms with van der Waals surface area (Å²) in [6.45, 7) is 0.787. The molecule has 1 aliphatic heterocycles. The number of rotatable bonds is 7. The molecule has 1 aliphatic rings. The van der Waals surface area contributed by atoms with Gasteiger partial charge >= 0.3 is 5.97 Å². The fourth-order valence-electron chi connectivity index (χ4n) is 2.79. The number of carbonyl (C=O) groups is 1. The van der Waals surface area contributed by atoms with Crippen LogP contribution in [0.5, 0.6) is 5.75 Å². The molecule has 132 valence electrons. The minimum atomic E-state index is -0.992. The molecule has 1 unspecified atom stereocenters. The van der Waals surface area contributed by atoms with Crippen LogP contribution >= 0.6 is 0 Å². The van der Waals surface area contributed by atoms with Crippen molar-refractivity contribution < 1.29 is 24.4 Å². The molecule has 2 N–H and O–H groups in total. The normalized spacial score (nSPS) is 15.6. The molecule has 25 heavy (non-hydrogen) atoms. The molecule has 0 spiro atoms. The number of aromatic carboxylic acids is 1. The lowest BCUT2D eigenvalue weighted by Gasteiger charge is -2.26. The van der Waals surface area contributed by atoms with E-state index in [1.165, 1.54) is 20.3 Å². The minimum Gasteiger partial charge on any atom is -0.496 e. The predicted molar refractivity (Wildman–Crippen MR) is 90.7 cm³/mol. The number of anilines is 2. The lowest BCUT2D eigenvalue weighted by molar-refractivity contribution is -0.273. The predicted octanol–water partition coefficient (Wildman–Crippen LogP) is 2.12. The lowest BCUT2D eigenvalue weighted by Crippen LogP contribution is -2.39. The Bertz CT molecular complexity index is 768. The highest BCUT2D eigenvalue weighted by Crippen LogP contribution is 2.35. The number of carboxylic acids is 1. The zero-order valence-corrected chi connectivity index (χ0v) is 13.9. The van der Waals surface area contributed by atoms with Crippen LogP contribution in [-0.4, -0.2) is 43.1 Å². The molecule has 0 fully saturated rings. The highest BCUT2D eigenvalue weighted by molar-refractivity contribution is 5.88. The second-order valence-corrected chi connectivity index (χ2v) is 5.44. The fraction of sp³-hybridized carbons (Fsp3) is 0.294. The van der Waals surface area contributed by atoms with Crippen LogP contribution in [0.15, 0.2) is 36.5 Å². The Morgan fingerprint density at radius 2 is 2.20 bits per heavy atom. The third-order valence-electron chi connectivity index (χ3n) is 3.99. The van der Waals surface area contributed by atoms with Gasteiger partial charge in [-0.15, -0.1) is 0 Å². The van der Waals surface area contributed by atoms with E-state index in [0.717, 1.165) is 17.1 Å². The Kier molecular flexibility index (Phi) is 5.01. The Morgan fingerprint density at radius 1 is 1.36 bits per heavy atom. The van der Waals surface area contributed by atoms with E-state index in [2.05, 4.69) is 15.2 Å². The van der Waals surface area contributed by atoms with Crippen LogP contribution in [0, 0.1) is 0 Å². The number of nitrogens with zero attached hydrogens (tertiary/aromatic N) is 2. The highest BCUT2D eigenvalue weighted by Gasteiger charge is 2.30. The van der Waals surface area contributed by atoms with Gasteiger partial charge in [0.1, 0.15) is 18.5 Å². The largest absolute Gasteiger partial charge is 0.496 e. The number of pyridine rings is 1. The van der Waals surface area contributed by atoms with Gasteiger partial charge in [-0.05, 0) is 24.3 Å². The van der Waals surface area contributed by atoms with Crippen molar-refractivity contribution in [3.8, 4) is 5.75 Å². The smallest absolute Gasteiger partial charge is 0.335 e. The summed E-state index contributed by atoms with van der Waals surface area (Å²) in [6, 6.07) is 8.66. The van der Waals surface area contributed by atoms with Crippen LogP contribution in [0.1, 0.15) is 15.9 Å². The number of ether oxygens (including phenoxy) is 1. The van der Waals surface area contributed by atoms with Crippen LogP contribution in [-0.2, 0) is 16.3 Å². The van der Waals surface area contributed by atoms with Crippen LogP contribution in [0.4, 0.5) is 11.5 Å². The van der Waals surface area contributed by atoms with Crippen molar-refractivity contribution in [2.24, 2.45) is 0 Å². The zero-order chi connectivity index (χ0) is 17.8. The van der Waals surface area contributed by atoms with Gasteiger partial charge in [0.25, 0.3) is 0 Å². The Balaban J connectivity index is 1.90. The number of nitrogens with one attached hydrogen (secondary N) is 1. The van der Waals surface area contributed by atoms with Gasteiger partial charge < -0.3 is 20.1 Å². The number of carboxylic acid groups (broad SMARTS) is 1. The van der Waals surface area contributed by atoms with Crippen LogP contribution in [0.3, 0.4) is 0 Å². The zero-order valence-electron chi connectivity index (χ0n) is 13.9. The number of aromatic nitrogens is 1. The van der Waals surface area contributed by atoms with E-state index in [-0.39, 0.29) is 11.7 Å². The SMILES string of the molecule is COOCC1Nc2ncccc2N1Cc1ccc(C(=O)O)cc1OC. The standard InChI is InChI=1S/C17H19N3O5/c1-23-14-8-11(17(21)22)5-6-12(14)9-20-13-4-3-7-18-16(13)19-15(20)10-25-24-2/h3-8,15H,9-10H2,1-2H3,(H,18,19)(H,21,22). The summed E-state index contributed by atoms with van der Waals surface area (Å²) in [5, 5.41) is 12.4. The summed E-state index contributed by atoms with van der Waals surface area (Å²) in [6.07, 6.45) is 1.54. The Labute approximate surface area is 144 Å². The summed E-state index contributed by atoms with van der Waals surface area (Å²) >= 11 is 0. The minimum absolute atomic E-state index is 0.172. The number of fused-ring (bicyclic) bond motifs is 1. The van der Waals surface area contributed by atoms with Gasteiger partial charge in [0.05, 0.1) is 25.5 Å². The maximum Gasteiger partial charge on any atom is 0.335 e. The van der Waals surface area contributed by atoms with Gasteiger partial charge in [0.2, 0.25) is 0 Å². The summed E-state index contributed by atoms with van der Waals surface area (Å²) in [4.78, 5) is 27.3. The van der Waals surface area contributed by atoms with E-state index < -0.39 is 5.97 Å². The molecule has 8 nitrogen and oxygen atoms in total. The van der Waals surface area contributed by atoms with Crippen molar-refractivity contribution in [2.75, 3.05) is 31.0 Å². The molecule has 0 radical (unpaired) electrons. The van der Waals surface area contributed by atoms with Gasteiger partial charge in [-0.1, -0.05) is 6.07 Å². The molecule has 2 heterocycles. The van der Waals surface area contributed by atoms with Crippen molar-refractivity contribution >= 4 is 17.5 Å². The molecular formula is C17H19N3O5. The van der Waals surface area contributed by atoms with E-state index >= 15 is 0 Å². The number of hydrogen-bond acceptors (Lipinski definition) is 7. The van der Waals surface area contributed by atoms with Crippen LogP contribution < -0.4 is 15.0 Å². The number of benzene rings is 1. The first kappa shape index (κ1) is 17.0. The van der Waals surface area contributed by atoms with Gasteiger partial charge in [-0.2, -0.15) is 0 Å². The van der Waals surface area contributed by atoms with Crippen molar-refractivity contribution in [2.45, 2.75) is 12.7 Å². The molecule has 0 amide bonds. The summed E-state index contributed by atoms with van der Waals surface area (Å²) in [5.74, 6) is 0.283. The molecule has 0 saturated heterocycles. The van der Waals surface area contributed by atoms with Crippen LogP contribution in [0.25, 0.3) is 0 Å². The second kappa shape index (κ2) is 7.37. The first-order valence-corrected chi connectivity index (χ1v) is 7.68. The Morgan fingerprint density at radius 3 is 2.92 bits per heavy atom. The van der Waals surface area contributed by atoms with E-state index in [0.29, 0.717) is 18.9 Å². The van der Waals surface area contributed by atoms with Gasteiger partial charge in [0.15, 0.2) is 5.82 Å². The monoisotopic (exact) mass is 345 g/mol. The number of hydrogen-bond donors (Lipinski definition) is 2. The average molecular weight is 345 g/mol. The molecule has 1 atom stereocenters. The first-order valence-electron chi connectivity index (χ1n) is 7.68. The van der Waals surface area contributed by atoms with Crippen molar-refractivity contribution in [3.05, 3.63) is 47.7 Å². The first-order chi connectivity index (χ1) is 12.1. The summed E-state index contributed by atoms with van der Waals surface area (Å²) in [5.41, 5.74) is 1.96. The number of methoxy groups -OCH3 is 1. The topological polar surface area (TPSA) is 93.2 Å². The fourth-order valence-corrected chi connectivity index (χ4v) is 2.79. The molecule has 3 rings (SSSR count). The Hall–Kier alpha value is -2.84.